The second-order valence-electron chi connectivity index (χ2n) is 2.87. The van der Waals surface area contributed by atoms with E-state index in [1.165, 1.54) is 4.90 Å². The Bertz CT molecular complexity index is 286. The van der Waals surface area contributed by atoms with Gasteiger partial charge in [-0.15, -0.1) is 11.8 Å². The molecule has 0 amide bonds. The Morgan fingerprint density at radius 1 is 1.38 bits per heavy atom. The van der Waals surface area contributed by atoms with Gasteiger partial charge in [0.15, 0.2) is 6.40 Å². The van der Waals surface area contributed by atoms with E-state index in [0.29, 0.717) is 6.04 Å². The Morgan fingerprint density at radius 2 is 2.23 bits per heavy atom. The topological polar surface area (TPSA) is 21.6 Å². The highest BCUT2D eigenvalue weighted by atomic mass is 32.2. The molecule has 1 atom stereocenters. The molecule has 0 fully saturated rings. The minimum absolute atomic E-state index is 0.338. The number of rotatable bonds is 3. The predicted octanol–water partition coefficient (Wildman–Crippen LogP) is 2.21. The molecule has 1 aromatic carbocycles. The van der Waals surface area contributed by atoms with Crippen molar-refractivity contribution in [2.75, 3.05) is 12.4 Å². The van der Waals surface area contributed by atoms with Crippen molar-refractivity contribution in [2.45, 2.75) is 10.9 Å². The van der Waals surface area contributed by atoms with Crippen LogP contribution in [-0.2, 0) is 4.74 Å². The van der Waals surface area contributed by atoms with Gasteiger partial charge in [0.1, 0.15) is 6.61 Å². The summed E-state index contributed by atoms with van der Waals surface area (Å²) in [6, 6.07) is 10.7. The van der Waals surface area contributed by atoms with Crippen molar-refractivity contribution in [3.63, 3.8) is 0 Å². The van der Waals surface area contributed by atoms with E-state index in [1.54, 1.807) is 6.40 Å². The normalized spacial score (nSPS) is 20.2. The average Bonchev–Trinajstić information content (AvgIpc) is 2.69. The van der Waals surface area contributed by atoms with Crippen LogP contribution < -0.4 is 0 Å². The van der Waals surface area contributed by atoms with Gasteiger partial charge in [-0.1, -0.05) is 18.2 Å². The number of ether oxygens (including phenoxy) is 1. The second-order valence-corrected chi connectivity index (χ2v) is 3.96. The smallest absolute Gasteiger partial charge is 0.169 e. The van der Waals surface area contributed by atoms with Gasteiger partial charge in [-0.25, -0.2) is 0 Å². The lowest BCUT2D eigenvalue weighted by Gasteiger charge is -2.04. The Hall–Kier alpha value is -0.960. The number of hydrogen-bond acceptors (Lipinski definition) is 3. The van der Waals surface area contributed by atoms with Crippen LogP contribution in [0.5, 0.6) is 0 Å². The molecule has 68 valence electrons. The first kappa shape index (κ1) is 8.63. The summed E-state index contributed by atoms with van der Waals surface area (Å²) in [5, 5.41) is 0. The summed E-state index contributed by atoms with van der Waals surface area (Å²) in [5.41, 5.74) is 0. The molecule has 0 saturated heterocycles. The van der Waals surface area contributed by atoms with E-state index < -0.39 is 0 Å². The first-order chi connectivity index (χ1) is 6.45. The minimum Gasteiger partial charge on any atom is -0.481 e. The van der Waals surface area contributed by atoms with Crippen LogP contribution in [0.3, 0.4) is 0 Å². The maximum atomic E-state index is 5.04. The summed E-state index contributed by atoms with van der Waals surface area (Å²) in [7, 11) is 0. The Morgan fingerprint density at radius 3 is 2.92 bits per heavy atom. The zero-order valence-electron chi connectivity index (χ0n) is 7.22. The summed E-state index contributed by atoms with van der Waals surface area (Å²) in [6.45, 7) is 0.736. The van der Waals surface area contributed by atoms with Gasteiger partial charge in [0, 0.05) is 10.6 Å². The van der Waals surface area contributed by atoms with Gasteiger partial charge in [0.05, 0.1) is 6.04 Å². The van der Waals surface area contributed by atoms with Crippen LogP contribution >= 0.6 is 11.8 Å². The highest BCUT2D eigenvalue weighted by Crippen LogP contribution is 2.19. The van der Waals surface area contributed by atoms with E-state index in [0.717, 1.165) is 12.4 Å². The van der Waals surface area contributed by atoms with Crippen molar-refractivity contribution in [3.8, 4) is 0 Å². The molecule has 1 aliphatic rings. The Balaban J connectivity index is 1.82. The highest BCUT2D eigenvalue weighted by molar-refractivity contribution is 7.99. The van der Waals surface area contributed by atoms with Crippen molar-refractivity contribution < 1.29 is 4.74 Å². The van der Waals surface area contributed by atoms with Crippen molar-refractivity contribution in [3.05, 3.63) is 30.3 Å². The first-order valence-electron chi connectivity index (χ1n) is 4.26. The van der Waals surface area contributed by atoms with E-state index in [1.807, 2.05) is 17.8 Å². The lowest BCUT2D eigenvalue weighted by Crippen LogP contribution is -2.08. The molecule has 0 spiro atoms. The molecule has 0 saturated carbocycles. The van der Waals surface area contributed by atoms with Crippen LogP contribution in [0, 0.1) is 0 Å². The van der Waals surface area contributed by atoms with Crippen molar-refractivity contribution in [2.24, 2.45) is 4.99 Å². The maximum Gasteiger partial charge on any atom is 0.169 e. The third-order valence-corrected chi connectivity index (χ3v) is 2.98. The molecule has 1 heterocycles. The van der Waals surface area contributed by atoms with E-state index in [4.69, 9.17) is 4.74 Å². The van der Waals surface area contributed by atoms with Gasteiger partial charge in [0.25, 0.3) is 0 Å². The average molecular weight is 193 g/mol. The van der Waals surface area contributed by atoms with Crippen molar-refractivity contribution in [1.29, 1.82) is 0 Å². The van der Waals surface area contributed by atoms with Gasteiger partial charge in [0.2, 0.25) is 0 Å². The summed E-state index contributed by atoms with van der Waals surface area (Å²) < 4.78 is 5.04. The molecule has 0 bridgehead atoms. The van der Waals surface area contributed by atoms with Crippen LogP contribution in [-0.4, -0.2) is 24.8 Å². The second kappa shape index (κ2) is 4.33. The summed E-state index contributed by atoms with van der Waals surface area (Å²) in [4.78, 5) is 5.48. The number of benzene rings is 1. The molecule has 0 aromatic heterocycles. The van der Waals surface area contributed by atoms with E-state index in [2.05, 4.69) is 29.3 Å². The molecule has 1 aliphatic heterocycles. The number of hydrogen-bond donors (Lipinski definition) is 0. The molecule has 13 heavy (non-hydrogen) atoms. The van der Waals surface area contributed by atoms with Gasteiger partial charge in [-0.3, -0.25) is 4.99 Å². The zero-order valence-corrected chi connectivity index (χ0v) is 8.04. The van der Waals surface area contributed by atoms with E-state index in [9.17, 15) is 0 Å². The van der Waals surface area contributed by atoms with Crippen LogP contribution in [0.15, 0.2) is 40.2 Å². The molecule has 0 radical (unpaired) electrons. The number of thioether (sulfide) groups is 1. The molecule has 0 N–H and O–H groups in total. The Labute approximate surface area is 82.0 Å². The standard InChI is InChI=1S/C10H11NOS/c1-2-4-10(5-3-1)13-7-9-6-12-8-11-9/h1-5,8-9H,6-7H2. The van der Waals surface area contributed by atoms with Crippen LogP contribution in [0.4, 0.5) is 0 Å². The van der Waals surface area contributed by atoms with Crippen molar-refractivity contribution in [1.82, 2.24) is 0 Å². The Kier molecular flexibility index (Phi) is 2.87. The van der Waals surface area contributed by atoms with Crippen LogP contribution in [0.2, 0.25) is 0 Å². The quantitative estimate of drug-likeness (QED) is 0.686. The fraction of sp³-hybridized carbons (Fsp3) is 0.300. The van der Waals surface area contributed by atoms with Gasteiger partial charge in [-0.05, 0) is 12.1 Å². The molecule has 1 aromatic rings. The van der Waals surface area contributed by atoms with E-state index in [-0.39, 0.29) is 0 Å². The minimum atomic E-state index is 0.338. The summed E-state index contributed by atoms with van der Waals surface area (Å²) in [5.74, 6) is 1.00. The molecule has 2 nitrogen and oxygen atoms in total. The molecule has 0 aliphatic carbocycles. The zero-order chi connectivity index (χ0) is 8.93. The van der Waals surface area contributed by atoms with Crippen LogP contribution in [0.1, 0.15) is 0 Å². The van der Waals surface area contributed by atoms with Gasteiger partial charge in [-0.2, -0.15) is 0 Å². The SMILES string of the molecule is C1=NC(CSc2ccccc2)CO1. The molecule has 2 rings (SSSR count). The summed E-state index contributed by atoms with van der Waals surface area (Å²) in [6.07, 6.45) is 1.55. The molecule has 3 heteroatoms. The van der Waals surface area contributed by atoms with Gasteiger partial charge < -0.3 is 4.74 Å². The molecule has 1 unspecified atom stereocenters. The largest absolute Gasteiger partial charge is 0.481 e. The number of aliphatic imine (C=N–C) groups is 1. The first-order valence-corrected chi connectivity index (χ1v) is 5.25. The lowest BCUT2D eigenvalue weighted by atomic mass is 10.4. The van der Waals surface area contributed by atoms with Gasteiger partial charge >= 0.3 is 0 Å². The fourth-order valence-electron chi connectivity index (χ4n) is 1.13. The van der Waals surface area contributed by atoms with E-state index >= 15 is 0 Å². The lowest BCUT2D eigenvalue weighted by molar-refractivity contribution is 0.336. The third-order valence-electron chi connectivity index (χ3n) is 1.82. The third kappa shape index (κ3) is 2.49. The van der Waals surface area contributed by atoms with Crippen LogP contribution in [0.25, 0.3) is 0 Å². The number of nitrogens with zero attached hydrogens (tertiary/aromatic N) is 1. The predicted molar refractivity (Wildman–Crippen MR) is 55.4 cm³/mol. The van der Waals surface area contributed by atoms with Crippen molar-refractivity contribution >= 4 is 18.2 Å². The monoisotopic (exact) mass is 193 g/mol. The maximum absolute atomic E-state index is 5.04. The highest BCUT2D eigenvalue weighted by Gasteiger charge is 2.11. The summed E-state index contributed by atoms with van der Waals surface area (Å²) >= 11 is 1.82. The molecular formula is C10H11NOS. The fourth-order valence-corrected chi connectivity index (χ4v) is 2.04. The molecular weight excluding hydrogens is 182 g/mol.